The normalized spacial score (nSPS) is 21.4. The second-order valence-electron chi connectivity index (χ2n) is 4.03. The summed E-state index contributed by atoms with van der Waals surface area (Å²) in [7, 11) is 4.86. The lowest BCUT2D eigenvalue weighted by molar-refractivity contribution is -0.145. The third-order valence-corrected chi connectivity index (χ3v) is 2.66. The zero-order valence-electron chi connectivity index (χ0n) is 9.52. The van der Waals surface area contributed by atoms with Crippen molar-refractivity contribution in [3.8, 4) is 0 Å². The molecule has 1 unspecified atom stereocenters. The highest BCUT2D eigenvalue weighted by Crippen LogP contribution is 2.16. The van der Waals surface area contributed by atoms with Gasteiger partial charge < -0.3 is 9.64 Å². The lowest BCUT2D eigenvalue weighted by atomic mass is 10.1. The van der Waals surface area contributed by atoms with Gasteiger partial charge in [0.15, 0.2) is 0 Å². The second-order valence-corrected chi connectivity index (χ2v) is 4.03. The maximum Gasteiger partial charge on any atom is 0.310 e. The number of carbonyl (C=O) groups is 2. The van der Waals surface area contributed by atoms with Crippen LogP contribution in [0.4, 0.5) is 0 Å². The second kappa shape index (κ2) is 5.11. The summed E-state index contributed by atoms with van der Waals surface area (Å²) in [6, 6.07) is 0. The van der Waals surface area contributed by atoms with E-state index in [1.165, 1.54) is 7.11 Å². The molecule has 0 radical (unpaired) electrons. The molecule has 0 spiro atoms. The van der Waals surface area contributed by atoms with E-state index in [1.54, 1.807) is 19.0 Å². The molecule has 1 aliphatic heterocycles. The van der Waals surface area contributed by atoms with Crippen molar-refractivity contribution in [1.82, 2.24) is 9.80 Å². The first kappa shape index (κ1) is 12.0. The van der Waals surface area contributed by atoms with Crippen LogP contribution in [0.1, 0.15) is 6.42 Å². The van der Waals surface area contributed by atoms with Crippen LogP contribution in [0, 0.1) is 5.92 Å². The van der Waals surface area contributed by atoms with Gasteiger partial charge in [-0.05, 0) is 13.0 Å². The summed E-state index contributed by atoms with van der Waals surface area (Å²) in [5.74, 6) is -0.166. The fraction of sp³-hybridized carbons (Fsp3) is 0.800. The number of likely N-dealkylation sites (N-methyl/N-ethyl adjacent to an activating group) is 1. The van der Waals surface area contributed by atoms with E-state index in [9.17, 15) is 9.59 Å². The molecule has 1 atom stereocenters. The Hall–Kier alpha value is -1.10. The summed E-state index contributed by atoms with van der Waals surface area (Å²) in [6.07, 6.45) is 0.785. The molecule has 15 heavy (non-hydrogen) atoms. The van der Waals surface area contributed by atoms with Gasteiger partial charge in [0.2, 0.25) is 5.91 Å². The van der Waals surface area contributed by atoms with Gasteiger partial charge in [0, 0.05) is 20.6 Å². The standard InChI is InChI=1S/C10H18N2O3/c1-11(2)9(13)7-12-5-4-8(6-12)10(14)15-3/h8H,4-7H2,1-3H3. The topological polar surface area (TPSA) is 49.9 Å². The molecule has 86 valence electrons. The molecule has 1 amide bonds. The van der Waals surface area contributed by atoms with Crippen LogP contribution in [0.3, 0.4) is 0 Å². The Balaban J connectivity index is 2.37. The molecule has 0 N–H and O–H groups in total. The summed E-state index contributed by atoms with van der Waals surface area (Å²) < 4.78 is 4.67. The van der Waals surface area contributed by atoms with Crippen molar-refractivity contribution in [3.05, 3.63) is 0 Å². The molecule has 1 saturated heterocycles. The molecule has 0 bridgehead atoms. The average molecular weight is 214 g/mol. The molecular formula is C10H18N2O3. The van der Waals surface area contributed by atoms with Gasteiger partial charge >= 0.3 is 5.97 Å². The van der Waals surface area contributed by atoms with Gasteiger partial charge in [0.25, 0.3) is 0 Å². The van der Waals surface area contributed by atoms with Crippen molar-refractivity contribution in [2.75, 3.05) is 40.8 Å². The van der Waals surface area contributed by atoms with Crippen molar-refractivity contribution >= 4 is 11.9 Å². The summed E-state index contributed by atoms with van der Waals surface area (Å²) in [4.78, 5) is 26.2. The predicted molar refractivity (Wildman–Crippen MR) is 55.3 cm³/mol. The van der Waals surface area contributed by atoms with Crippen LogP contribution in [-0.4, -0.2) is 62.5 Å². The Kier molecular flexibility index (Phi) is 4.08. The highest BCUT2D eigenvalue weighted by molar-refractivity contribution is 5.78. The Labute approximate surface area is 90.0 Å². The fourth-order valence-electron chi connectivity index (χ4n) is 1.67. The molecule has 1 heterocycles. The van der Waals surface area contributed by atoms with Crippen LogP contribution in [0.25, 0.3) is 0 Å². The lowest BCUT2D eigenvalue weighted by Gasteiger charge is -2.17. The van der Waals surface area contributed by atoms with Crippen molar-refractivity contribution < 1.29 is 14.3 Å². The van der Waals surface area contributed by atoms with Crippen LogP contribution in [0.2, 0.25) is 0 Å². The number of rotatable bonds is 3. The van der Waals surface area contributed by atoms with Gasteiger partial charge in [0.1, 0.15) is 0 Å². The Morgan fingerprint density at radius 1 is 1.47 bits per heavy atom. The number of carbonyl (C=O) groups excluding carboxylic acids is 2. The van der Waals surface area contributed by atoms with Crippen molar-refractivity contribution in [2.24, 2.45) is 5.92 Å². The largest absolute Gasteiger partial charge is 0.469 e. The number of hydrogen-bond acceptors (Lipinski definition) is 4. The van der Waals surface area contributed by atoms with Gasteiger partial charge in [-0.15, -0.1) is 0 Å². The lowest BCUT2D eigenvalue weighted by Crippen LogP contribution is -2.35. The Morgan fingerprint density at radius 2 is 2.13 bits per heavy atom. The van der Waals surface area contributed by atoms with Gasteiger partial charge in [-0.2, -0.15) is 0 Å². The Morgan fingerprint density at radius 3 is 2.67 bits per heavy atom. The van der Waals surface area contributed by atoms with E-state index in [4.69, 9.17) is 0 Å². The molecule has 1 fully saturated rings. The summed E-state index contributed by atoms with van der Waals surface area (Å²) in [5.41, 5.74) is 0. The van der Waals surface area contributed by atoms with E-state index >= 15 is 0 Å². The number of likely N-dealkylation sites (tertiary alicyclic amines) is 1. The minimum atomic E-state index is -0.171. The van der Waals surface area contributed by atoms with Crippen LogP contribution in [-0.2, 0) is 14.3 Å². The van der Waals surface area contributed by atoms with E-state index in [-0.39, 0.29) is 17.8 Å². The monoisotopic (exact) mass is 214 g/mol. The zero-order chi connectivity index (χ0) is 11.4. The fourth-order valence-corrected chi connectivity index (χ4v) is 1.67. The first-order valence-electron chi connectivity index (χ1n) is 5.05. The maximum atomic E-state index is 11.4. The highest BCUT2D eigenvalue weighted by Gasteiger charge is 2.29. The summed E-state index contributed by atoms with van der Waals surface area (Å²) >= 11 is 0. The number of esters is 1. The van der Waals surface area contributed by atoms with Gasteiger partial charge in [0.05, 0.1) is 19.6 Å². The number of amides is 1. The van der Waals surface area contributed by atoms with Gasteiger partial charge in [-0.1, -0.05) is 0 Å². The van der Waals surface area contributed by atoms with Crippen molar-refractivity contribution in [1.29, 1.82) is 0 Å². The molecule has 0 aliphatic carbocycles. The minimum absolute atomic E-state index is 0.0648. The number of nitrogens with zero attached hydrogens (tertiary/aromatic N) is 2. The molecule has 1 aliphatic rings. The molecular weight excluding hydrogens is 196 g/mol. The van der Waals surface area contributed by atoms with Crippen molar-refractivity contribution in [3.63, 3.8) is 0 Å². The quantitative estimate of drug-likeness (QED) is 0.598. The number of ether oxygens (including phenoxy) is 1. The highest BCUT2D eigenvalue weighted by atomic mass is 16.5. The summed E-state index contributed by atoms with van der Waals surface area (Å²) in [5, 5.41) is 0. The first-order chi connectivity index (χ1) is 7.04. The van der Waals surface area contributed by atoms with Gasteiger partial charge in [-0.25, -0.2) is 0 Å². The molecule has 0 aromatic heterocycles. The summed E-state index contributed by atoms with van der Waals surface area (Å²) in [6.45, 7) is 1.81. The molecule has 0 aromatic carbocycles. The average Bonchev–Trinajstić information content (AvgIpc) is 2.65. The SMILES string of the molecule is COC(=O)C1CCN(CC(=O)N(C)C)C1. The maximum absolute atomic E-state index is 11.4. The number of hydrogen-bond donors (Lipinski definition) is 0. The molecule has 5 heteroatoms. The first-order valence-corrected chi connectivity index (χ1v) is 5.05. The van der Waals surface area contributed by atoms with Crippen LogP contribution < -0.4 is 0 Å². The Bertz CT molecular complexity index is 253. The van der Waals surface area contributed by atoms with Gasteiger partial charge in [-0.3, -0.25) is 14.5 Å². The third kappa shape index (κ3) is 3.20. The molecule has 1 rings (SSSR count). The van der Waals surface area contributed by atoms with E-state index in [0.29, 0.717) is 13.1 Å². The molecule has 0 aromatic rings. The molecule has 5 nitrogen and oxygen atoms in total. The number of methoxy groups -OCH3 is 1. The van der Waals surface area contributed by atoms with E-state index in [0.717, 1.165) is 13.0 Å². The smallest absolute Gasteiger partial charge is 0.310 e. The van der Waals surface area contributed by atoms with Crippen LogP contribution >= 0.6 is 0 Å². The van der Waals surface area contributed by atoms with E-state index < -0.39 is 0 Å². The zero-order valence-corrected chi connectivity index (χ0v) is 9.52. The van der Waals surface area contributed by atoms with E-state index in [2.05, 4.69) is 4.74 Å². The predicted octanol–water partition coefficient (Wildman–Crippen LogP) is -0.430. The van der Waals surface area contributed by atoms with Crippen LogP contribution in [0.15, 0.2) is 0 Å². The minimum Gasteiger partial charge on any atom is -0.469 e. The van der Waals surface area contributed by atoms with Crippen molar-refractivity contribution in [2.45, 2.75) is 6.42 Å². The molecule has 0 saturated carbocycles. The third-order valence-electron chi connectivity index (χ3n) is 2.66. The van der Waals surface area contributed by atoms with E-state index in [1.807, 2.05) is 4.90 Å². The van der Waals surface area contributed by atoms with Crippen LogP contribution in [0.5, 0.6) is 0 Å².